The maximum Gasteiger partial charge on any atom is 0.255 e. The van der Waals surface area contributed by atoms with Crippen LogP contribution in [0.1, 0.15) is 10.4 Å². The number of aromatic hydroxyl groups is 2. The molecule has 0 atom stereocenters. The zero-order valence-electron chi connectivity index (χ0n) is 9.35. The lowest BCUT2D eigenvalue weighted by molar-refractivity contribution is 0.0953. The highest BCUT2D eigenvalue weighted by atomic mass is 32.2. The monoisotopic (exact) mass is 253 g/mol. The molecule has 0 unspecified atom stereocenters. The van der Waals surface area contributed by atoms with Crippen molar-refractivity contribution >= 4 is 17.7 Å². The molecular formula is C12H15NO3S. The summed E-state index contributed by atoms with van der Waals surface area (Å²) in [5.74, 6) is 1.04. The minimum Gasteiger partial charge on any atom is -0.508 e. The number of carbonyl (C=O) groups is 1. The van der Waals surface area contributed by atoms with Gasteiger partial charge < -0.3 is 15.5 Å². The molecule has 1 aromatic carbocycles. The molecule has 0 aliphatic carbocycles. The maximum atomic E-state index is 11.6. The van der Waals surface area contributed by atoms with Crippen molar-refractivity contribution in [1.82, 2.24) is 5.32 Å². The van der Waals surface area contributed by atoms with Crippen LogP contribution in [0.5, 0.6) is 11.5 Å². The molecule has 17 heavy (non-hydrogen) atoms. The molecule has 1 rings (SSSR count). The predicted molar refractivity (Wildman–Crippen MR) is 69.6 cm³/mol. The molecule has 3 N–H and O–H groups in total. The summed E-state index contributed by atoms with van der Waals surface area (Å²) in [5.41, 5.74) is 0.0821. The van der Waals surface area contributed by atoms with E-state index in [1.807, 2.05) is 0 Å². The first-order chi connectivity index (χ1) is 8.15. The Morgan fingerprint density at radius 1 is 1.47 bits per heavy atom. The van der Waals surface area contributed by atoms with Crippen molar-refractivity contribution in [3.63, 3.8) is 0 Å². The third-order valence-electron chi connectivity index (χ3n) is 1.99. The molecule has 0 heterocycles. The van der Waals surface area contributed by atoms with E-state index in [1.54, 1.807) is 17.8 Å². The van der Waals surface area contributed by atoms with Gasteiger partial charge in [-0.1, -0.05) is 6.08 Å². The summed E-state index contributed by atoms with van der Waals surface area (Å²) in [6.45, 7) is 4.10. The number of thioether (sulfide) groups is 1. The quantitative estimate of drug-likeness (QED) is 0.410. The molecule has 1 amide bonds. The maximum absolute atomic E-state index is 11.6. The Morgan fingerprint density at radius 3 is 2.94 bits per heavy atom. The highest BCUT2D eigenvalue weighted by Gasteiger charge is 2.10. The molecule has 4 nitrogen and oxygen atoms in total. The number of carbonyl (C=O) groups excluding carboxylic acids is 1. The van der Waals surface area contributed by atoms with Crippen LogP contribution in [-0.4, -0.2) is 34.2 Å². The van der Waals surface area contributed by atoms with E-state index in [2.05, 4.69) is 11.9 Å². The Kier molecular flexibility index (Phi) is 5.42. The Morgan fingerprint density at radius 2 is 2.24 bits per heavy atom. The third kappa shape index (κ3) is 4.40. The van der Waals surface area contributed by atoms with Gasteiger partial charge in [-0.2, -0.15) is 11.8 Å². The second-order valence-electron chi connectivity index (χ2n) is 3.32. The summed E-state index contributed by atoms with van der Waals surface area (Å²) < 4.78 is 0. The minimum atomic E-state index is -0.391. The van der Waals surface area contributed by atoms with Gasteiger partial charge in [0.2, 0.25) is 0 Å². The second-order valence-corrected chi connectivity index (χ2v) is 4.47. The molecule has 0 fully saturated rings. The van der Waals surface area contributed by atoms with Crippen LogP contribution < -0.4 is 5.32 Å². The average molecular weight is 253 g/mol. The van der Waals surface area contributed by atoms with E-state index in [0.717, 1.165) is 11.5 Å². The average Bonchev–Trinajstić information content (AvgIpc) is 2.32. The van der Waals surface area contributed by atoms with Crippen molar-refractivity contribution in [3.05, 3.63) is 36.4 Å². The predicted octanol–water partition coefficient (Wildman–Crippen LogP) is 1.75. The van der Waals surface area contributed by atoms with Crippen molar-refractivity contribution in [1.29, 1.82) is 0 Å². The van der Waals surface area contributed by atoms with Gasteiger partial charge >= 0.3 is 0 Å². The fourth-order valence-electron chi connectivity index (χ4n) is 1.20. The number of nitrogens with one attached hydrogen (secondary N) is 1. The van der Waals surface area contributed by atoms with E-state index in [9.17, 15) is 15.0 Å². The van der Waals surface area contributed by atoms with Crippen molar-refractivity contribution in [2.45, 2.75) is 0 Å². The van der Waals surface area contributed by atoms with E-state index in [1.165, 1.54) is 18.2 Å². The van der Waals surface area contributed by atoms with Crippen LogP contribution in [0.2, 0.25) is 0 Å². The molecule has 0 aromatic heterocycles. The number of hydrogen-bond acceptors (Lipinski definition) is 4. The van der Waals surface area contributed by atoms with Crippen LogP contribution in [0, 0.1) is 0 Å². The first kappa shape index (κ1) is 13.4. The van der Waals surface area contributed by atoms with Crippen LogP contribution in [0.3, 0.4) is 0 Å². The fraction of sp³-hybridized carbons (Fsp3) is 0.250. The molecular weight excluding hydrogens is 238 g/mol. The molecule has 5 heteroatoms. The summed E-state index contributed by atoms with van der Waals surface area (Å²) in [6, 6.07) is 3.85. The summed E-state index contributed by atoms with van der Waals surface area (Å²) in [6.07, 6.45) is 1.80. The van der Waals surface area contributed by atoms with Gasteiger partial charge in [0, 0.05) is 18.1 Å². The van der Waals surface area contributed by atoms with Crippen molar-refractivity contribution in [2.75, 3.05) is 18.1 Å². The molecule has 0 bridgehead atoms. The first-order valence-corrected chi connectivity index (χ1v) is 6.29. The van der Waals surface area contributed by atoms with E-state index in [4.69, 9.17) is 0 Å². The Bertz CT molecular complexity index is 407. The summed E-state index contributed by atoms with van der Waals surface area (Å²) >= 11 is 1.65. The van der Waals surface area contributed by atoms with Gasteiger partial charge in [0.15, 0.2) is 0 Å². The molecule has 0 aliphatic rings. The van der Waals surface area contributed by atoms with E-state index < -0.39 is 5.91 Å². The lowest BCUT2D eigenvalue weighted by Crippen LogP contribution is -2.25. The number of rotatable bonds is 6. The highest BCUT2D eigenvalue weighted by Crippen LogP contribution is 2.21. The summed E-state index contributed by atoms with van der Waals surface area (Å²) in [7, 11) is 0. The lowest BCUT2D eigenvalue weighted by Gasteiger charge is -2.06. The molecule has 0 saturated carbocycles. The zero-order valence-corrected chi connectivity index (χ0v) is 10.2. The van der Waals surface area contributed by atoms with Gasteiger partial charge in [0.25, 0.3) is 5.91 Å². The number of benzene rings is 1. The molecule has 0 spiro atoms. The summed E-state index contributed by atoms with van der Waals surface area (Å²) in [5, 5.41) is 21.3. The van der Waals surface area contributed by atoms with E-state index >= 15 is 0 Å². The van der Waals surface area contributed by atoms with Crippen LogP contribution >= 0.6 is 11.8 Å². The van der Waals surface area contributed by atoms with Gasteiger partial charge in [-0.3, -0.25) is 4.79 Å². The number of hydrogen-bond donors (Lipinski definition) is 3. The van der Waals surface area contributed by atoms with Crippen molar-refractivity contribution in [3.8, 4) is 11.5 Å². The summed E-state index contributed by atoms with van der Waals surface area (Å²) in [4.78, 5) is 11.6. The topological polar surface area (TPSA) is 69.6 Å². The van der Waals surface area contributed by atoms with Gasteiger partial charge in [-0.25, -0.2) is 0 Å². The smallest absolute Gasteiger partial charge is 0.255 e. The van der Waals surface area contributed by atoms with Crippen molar-refractivity contribution < 1.29 is 15.0 Å². The van der Waals surface area contributed by atoms with Gasteiger partial charge in [-0.05, 0) is 18.2 Å². The van der Waals surface area contributed by atoms with Crippen LogP contribution in [0.4, 0.5) is 0 Å². The van der Waals surface area contributed by atoms with Crippen LogP contribution in [0.15, 0.2) is 30.9 Å². The van der Waals surface area contributed by atoms with Crippen LogP contribution in [0.25, 0.3) is 0 Å². The molecule has 0 aliphatic heterocycles. The number of phenols is 2. The SMILES string of the molecule is C=CCSCCNC(=O)c1cc(O)ccc1O. The van der Waals surface area contributed by atoms with Gasteiger partial charge in [0.1, 0.15) is 11.5 Å². The lowest BCUT2D eigenvalue weighted by atomic mass is 10.2. The third-order valence-corrected chi connectivity index (χ3v) is 2.96. The minimum absolute atomic E-state index is 0.0472. The Balaban J connectivity index is 2.46. The van der Waals surface area contributed by atoms with Crippen molar-refractivity contribution in [2.24, 2.45) is 0 Å². The first-order valence-electron chi connectivity index (χ1n) is 5.14. The zero-order chi connectivity index (χ0) is 12.7. The second kappa shape index (κ2) is 6.85. The van der Waals surface area contributed by atoms with E-state index in [-0.39, 0.29) is 17.1 Å². The van der Waals surface area contributed by atoms with Crippen LogP contribution in [-0.2, 0) is 0 Å². The Labute approximate surface area is 104 Å². The molecule has 1 aromatic rings. The van der Waals surface area contributed by atoms with E-state index in [0.29, 0.717) is 6.54 Å². The standard InChI is InChI=1S/C12H15NO3S/c1-2-6-17-7-5-13-12(16)10-8-9(14)3-4-11(10)15/h2-4,8,14-15H,1,5-7H2,(H,13,16). The van der Waals surface area contributed by atoms with Gasteiger partial charge in [0.05, 0.1) is 5.56 Å². The van der Waals surface area contributed by atoms with Gasteiger partial charge in [-0.15, -0.1) is 6.58 Å². The highest BCUT2D eigenvalue weighted by molar-refractivity contribution is 7.99. The number of amides is 1. The largest absolute Gasteiger partial charge is 0.508 e. The fourth-order valence-corrected chi connectivity index (χ4v) is 1.78. The Hall–Kier alpha value is -1.62. The molecule has 0 saturated heterocycles. The molecule has 92 valence electrons. The molecule has 0 radical (unpaired) electrons. The number of phenolic OH excluding ortho intramolecular Hbond substituents is 2. The normalized spacial score (nSPS) is 9.88.